The van der Waals surface area contributed by atoms with Crippen LogP contribution in [0.25, 0.3) is 0 Å². The van der Waals surface area contributed by atoms with Crippen molar-refractivity contribution in [3.8, 4) is 0 Å². The second-order valence-electron chi connectivity index (χ2n) is 6.60. The summed E-state index contributed by atoms with van der Waals surface area (Å²) < 4.78 is 19.4. The molecule has 31 heavy (non-hydrogen) atoms. The van der Waals surface area contributed by atoms with E-state index in [0.29, 0.717) is 35.3 Å². The largest absolute Gasteiger partial charge is 0.448 e. The highest BCUT2D eigenvalue weighted by Gasteiger charge is 2.32. The molecule has 9 nitrogen and oxygen atoms in total. The van der Waals surface area contributed by atoms with E-state index in [1.54, 1.807) is 19.2 Å². The third-order valence-electron chi connectivity index (χ3n) is 4.68. The Morgan fingerprint density at radius 3 is 2.71 bits per heavy atom. The number of aromatic nitrogens is 4. The summed E-state index contributed by atoms with van der Waals surface area (Å²) in [7, 11) is 0. The maximum atomic E-state index is 13.2. The molecule has 0 unspecified atom stereocenters. The van der Waals surface area contributed by atoms with Gasteiger partial charge in [-0.1, -0.05) is 11.8 Å². The van der Waals surface area contributed by atoms with Crippen molar-refractivity contribution in [3.05, 3.63) is 59.2 Å². The van der Waals surface area contributed by atoms with Crippen LogP contribution in [0.4, 0.5) is 20.8 Å². The molecule has 1 N–H and O–H groups in total. The molecule has 3 aromatic rings. The number of thioether (sulfide) groups is 1. The second kappa shape index (κ2) is 8.72. The molecule has 0 spiro atoms. The van der Waals surface area contributed by atoms with Gasteiger partial charge in [0.05, 0.1) is 25.4 Å². The smallest absolute Gasteiger partial charge is 0.435 e. The van der Waals surface area contributed by atoms with Crippen LogP contribution in [-0.2, 0) is 17.8 Å². The molecule has 1 aliphatic rings. The Hall–Kier alpha value is -3.47. The lowest BCUT2D eigenvalue weighted by atomic mass is 10.2. The number of hydrogen-bond acceptors (Lipinski definition) is 8. The fourth-order valence-corrected chi connectivity index (χ4v) is 3.58. The monoisotopic (exact) mass is 442 g/mol. The predicted octanol–water partition coefficient (Wildman–Crippen LogP) is 3.31. The number of ether oxygens (including phenoxy) is 1. The predicted molar refractivity (Wildman–Crippen MR) is 113 cm³/mol. The number of nitrogens with zero attached hydrogens (tertiary/aromatic N) is 5. The number of nitrogens with one attached hydrogen (secondary N) is 1. The Balaban J connectivity index is 1.65. The van der Waals surface area contributed by atoms with Crippen molar-refractivity contribution in [1.82, 2.24) is 19.7 Å². The van der Waals surface area contributed by atoms with Crippen molar-refractivity contribution in [2.24, 2.45) is 0 Å². The molecular formula is C20H19FN6O3S. The van der Waals surface area contributed by atoms with Gasteiger partial charge in [-0.05, 0) is 43.5 Å². The molecule has 0 aliphatic carbocycles. The average molecular weight is 442 g/mol. The number of hydrogen-bond donors (Lipinski definition) is 1. The van der Waals surface area contributed by atoms with Gasteiger partial charge < -0.3 is 15.0 Å². The van der Waals surface area contributed by atoms with Crippen molar-refractivity contribution in [2.45, 2.75) is 25.2 Å². The SMILES string of the molecule is CCOC(=O)n1nc(NC(=O)c2ccc(F)cc2)c2c1CN(c1ccnc(SC)n1)C2. The van der Waals surface area contributed by atoms with E-state index in [0.717, 1.165) is 4.68 Å². The van der Waals surface area contributed by atoms with Crippen molar-refractivity contribution < 1.29 is 18.7 Å². The van der Waals surface area contributed by atoms with Gasteiger partial charge >= 0.3 is 6.09 Å². The van der Waals surface area contributed by atoms with E-state index >= 15 is 0 Å². The Morgan fingerprint density at radius 2 is 2.00 bits per heavy atom. The van der Waals surface area contributed by atoms with E-state index in [-0.39, 0.29) is 18.0 Å². The first-order valence-corrected chi connectivity index (χ1v) is 10.7. The van der Waals surface area contributed by atoms with E-state index in [2.05, 4.69) is 20.4 Å². The number of carbonyl (C=O) groups is 2. The molecule has 1 aromatic carbocycles. The van der Waals surface area contributed by atoms with E-state index in [1.165, 1.54) is 36.0 Å². The molecule has 0 bridgehead atoms. The maximum absolute atomic E-state index is 13.2. The van der Waals surface area contributed by atoms with Gasteiger partial charge in [0.25, 0.3) is 5.91 Å². The first kappa shape index (κ1) is 20.8. The molecule has 11 heteroatoms. The molecule has 4 rings (SSSR count). The number of benzene rings is 1. The van der Waals surface area contributed by atoms with Gasteiger partial charge in [0.2, 0.25) is 0 Å². The fourth-order valence-electron chi connectivity index (χ4n) is 3.23. The molecule has 1 aliphatic heterocycles. The Morgan fingerprint density at radius 1 is 1.23 bits per heavy atom. The number of carbonyl (C=O) groups excluding carboxylic acids is 2. The van der Waals surface area contributed by atoms with E-state index in [1.807, 2.05) is 11.2 Å². The quantitative estimate of drug-likeness (QED) is 0.474. The molecule has 2 aromatic heterocycles. The summed E-state index contributed by atoms with van der Waals surface area (Å²) in [5.74, 6) is 0.0522. The zero-order valence-corrected chi connectivity index (χ0v) is 17.6. The number of anilines is 2. The fraction of sp³-hybridized carbons (Fsp3) is 0.250. The van der Waals surface area contributed by atoms with Crippen molar-refractivity contribution in [2.75, 3.05) is 23.1 Å². The minimum Gasteiger partial charge on any atom is -0.448 e. The molecule has 0 saturated heterocycles. The average Bonchev–Trinajstić information content (AvgIpc) is 3.35. The van der Waals surface area contributed by atoms with Gasteiger partial charge in [-0.25, -0.2) is 19.2 Å². The molecular weight excluding hydrogens is 423 g/mol. The van der Waals surface area contributed by atoms with E-state index < -0.39 is 17.8 Å². The molecule has 0 radical (unpaired) electrons. The Kier molecular flexibility index (Phi) is 5.85. The number of halogens is 1. The summed E-state index contributed by atoms with van der Waals surface area (Å²) >= 11 is 1.43. The second-order valence-corrected chi connectivity index (χ2v) is 7.38. The summed E-state index contributed by atoms with van der Waals surface area (Å²) in [4.78, 5) is 35.7. The number of rotatable bonds is 5. The van der Waals surface area contributed by atoms with Gasteiger partial charge in [0.15, 0.2) is 11.0 Å². The number of fused-ring (bicyclic) bond motifs is 1. The van der Waals surface area contributed by atoms with Gasteiger partial charge in [-0.2, -0.15) is 4.68 Å². The lowest BCUT2D eigenvalue weighted by Crippen LogP contribution is -2.23. The Bertz CT molecular complexity index is 1130. The van der Waals surface area contributed by atoms with Crippen LogP contribution in [-0.4, -0.2) is 44.6 Å². The highest BCUT2D eigenvalue weighted by Crippen LogP contribution is 2.32. The van der Waals surface area contributed by atoms with Gasteiger partial charge in [0, 0.05) is 17.3 Å². The topological polar surface area (TPSA) is 102 Å². The third-order valence-corrected chi connectivity index (χ3v) is 5.25. The van der Waals surface area contributed by atoms with Gasteiger partial charge in [-0.15, -0.1) is 5.10 Å². The molecule has 160 valence electrons. The van der Waals surface area contributed by atoms with Crippen LogP contribution in [0.5, 0.6) is 0 Å². The molecule has 0 fully saturated rings. The van der Waals surface area contributed by atoms with Crippen LogP contribution in [0.15, 0.2) is 41.7 Å². The Labute approximate surface area is 181 Å². The summed E-state index contributed by atoms with van der Waals surface area (Å²) in [6, 6.07) is 6.95. The summed E-state index contributed by atoms with van der Waals surface area (Å²) in [6.45, 7) is 2.64. The van der Waals surface area contributed by atoms with Crippen LogP contribution in [0.1, 0.15) is 28.5 Å². The van der Waals surface area contributed by atoms with Crippen LogP contribution >= 0.6 is 11.8 Å². The van der Waals surface area contributed by atoms with Crippen molar-refractivity contribution in [1.29, 1.82) is 0 Å². The van der Waals surface area contributed by atoms with Crippen LogP contribution < -0.4 is 10.2 Å². The van der Waals surface area contributed by atoms with Crippen molar-refractivity contribution in [3.63, 3.8) is 0 Å². The summed E-state index contributed by atoms with van der Waals surface area (Å²) in [6.07, 6.45) is 2.93. The zero-order chi connectivity index (χ0) is 22.0. The zero-order valence-electron chi connectivity index (χ0n) is 16.8. The molecule has 0 atom stereocenters. The lowest BCUT2D eigenvalue weighted by molar-refractivity contribution is 0.102. The molecule has 1 amide bonds. The van der Waals surface area contributed by atoms with Crippen LogP contribution in [0, 0.1) is 5.82 Å². The van der Waals surface area contributed by atoms with Crippen LogP contribution in [0.3, 0.4) is 0 Å². The normalized spacial score (nSPS) is 12.5. The minimum atomic E-state index is -0.629. The lowest BCUT2D eigenvalue weighted by Gasteiger charge is -2.17. The summed E-state index contributed by atoms with van der Waals surface area (Å²) in [5, 5.41) is 7.62. The first-order chi connectivity index (χ1) is 15.0. The highest BCUT2D eigenvalue weighted by molar-refractivity contribution is 7.98. The van der Waals surface area contributed by atoms with Gasteiger partial charge in [0.1, 0.15) is 11.6 Å². The van der Waals surface area contributed by atoms with Gasteiger partial charge in [-0.3, -0.25) is 4.79 Å². The first-order valence-electron chi connectivity index (χ1n) is 9.47. The van der Waals surface area contributed by atoms with Crippen LogP contribution in [0.2, 0.25) is 0 Å². The summed E-state index contributed by atoms with van der Waals surface area (Å²) in [5.41, 5.74) is 1.57. The van der Waals surface area contributed by atoms with Crippen molar-refractivity contribution >= 4 is 35.4 Å². The molecule has 0 saturated carbocycles. The highest BCUT2D eigenvalue weighted by atomic mass is 32.2. The maximum Gasteiger partial charge on any atom is 0.435 e. The minimum absolute atomic E-state index is 0.192. The van der Waals surface area contributed by atoms with E-state index in [9.17, 15) is 14.0 Å². The third kappa shape index (κ3) is 4.22. The molecule has 3 heterocycles. The number of amides is 1. The standard InChI is InChI=1S/C20H19FN6O3S/c1-3-30-20(29)27-15-11-26(16-8-9-22-19(23-16)31-2)10-14(15)17(25-27)24-18(28)12-4-6-13(21)7-5-12/h4-9H,3,10-11H2,1-2H3,(H,24,25,28). The van der Waals surface area contributed by atoms with E-state index in [4.69, 9.17) is 4.74 Å².